The maximum atomic E-state index is 10.2. The molecule has 0 fully saturated rings. The van der Waals surface area contributed by atoms with Crippen LogP contribution in [0.15, 0.2) is 37.0 Å². The third kappa shape index (κ3) is 31.4. The van der Waals surface area contributed by atoms with E-state index in [0.717, 1.165) is 6.08 Å². The van der Waals surface area contributed by atoms with Gasteiger partial charge in [-0.15, -0.1) is 0 Å². The van der Waals surface area contributed by atoms with Gasteiger partial charge in [0.1, 0.15) is 0 Å². The second-order valence-electron chi connectivity index (χ2n) is 2.90. The van der Waals surface area contributed by atoms with Crippen molar-refractivity contribution in [2.45, 2.75) is 13.8 Å². The summed E-state index contributed by atoms with van der Waals surface area (Å²) in [5.74, 6) is -2.26. The normalized spacial score (nSPS) is 6.89. The molecule has 19 heavy (non-hydrogen) atoms. The molecule has 0 aromatic carbocycles. The first-order chi connectivity index (χ1) is 8.09. The van der Waals surface area contributed by atoms with Gasteiger partial charge in [-0.05, 0) is 13.8 Å². The van der Waals surface area contributed by atoms with Gasteiger partial charge in [0, 0.05) is 17.2 Å². The van der Waals surface area contributed by atoms with Crippen LogP contribution in [0.4, 0.5) is 0 Å². The molecule has 0 aliphatic rings. The van der Waals surface area contributed by atoms with Gasteiger partial charge in [-0.2, -0.15) is 0 Å². The molecule has 0 saturated carbocycles. The van der Waals surface area contributed by atoms with E-state index in [1.54, 1.807) is 6.92 Å². The fraction of sp³-hybridized carbons (Fsp3) is 0.250. The predicted molar refractivity (Wildman–Crippen MR) is 75.7 cm³/mol. The topological polar surface area (TPSA) is 101 Å². The molecule has 6 nitrogen and oxygen atoms in total. The van der Waals surface area contributed by atoms with E-state index in [9.17, 15) is 14.4 Å². The Kier molecular flexibility index (Phi) is 22.6. The fourth-order valence-corrected chi connectivity index (χ4v) is 0.174. The van der Waals surface area contributed by atoms with Crippen molar-refractivity contribution in [3.8, 4) is 0 Å². The Morgan fingerprint density at radius 1 is 1.05 bits per heavy atom. The Balaban J connectivity index is -0.0000000878. The number of carbonyl (C=O) groups excluding carboxylic acids is 1. The summed E-state index contributed by atoms with van der Waals surface area (Å²) in [5, 5.41) is 15.5. The average molecular weight is 379 g/mol. The van der Waals surface area contributed by atoms with Gasteiger partial charge in [-0.3, -0.25) is 0 Å². The van der Waals surface area contributed by atoms with Crippen LogP contribution in [0.5, 0.6) is 0 Å². The van der Waals surface area contributed by atoms with E-state index in [0.29, 0.717) is 5.57 Å². The molecule has 0 amide bonds. The van der Waals surface area contributed by atoms with Crippen LogP contribution < -0.4 is 0 Å². The van der Waals surface area contributed by atoms with E-state index in [1.165, 1.54) is 14.0 Å². The Morgan fingerprint density at radius 2 is 1.32 bits per heavy atom. The van der Waals surface area contributed by atoms with Crippen molar-refractivity contribution in [2.24, 2.45) is 0 Å². The minimum absolute atomic E-state index is 0. The third-order valence-electron chi connectivity index (χ3n) is 1.07. The van der Waals surface area contributed by atoms with E-state index in [4.69, 9.17) is 10.2 Å². The number of hydrogen-bond donors (Lipinski definition) is 2. The van der Waals surface area contributed by atoms with Gasteiger partial charge in [-0.1, -0.05) is 19.7 Å². The van der Waals surface area contributed by atoms with Crippen LogP contribution >= 0.6 is 0 Å². The zero-order valence-corrected chi connectivity index (χ0v) is 15.5. The molecule has 7 heteroatoms. The number of esters is 1. The van der Waals surface area contributed by atoms with Gasteiger partial charge in [-0.25, -0.2) is 14.4 Å². The van der Waals surface area contributed by atoms with Crippen molar-refractivity contribution >= 4 is 41.8 Å². The predicted octanol–water partition coefficient (Wildman–Crippen LogP) is 0.723. The average Bonchev–Trinajstić information content (AvgIpc) is 2.29. The van der Waals surface area contributed by atoms with Crippen LogP contribution in [0.3, 0.4) is 0 Å². The van der Waals surface area contributed by atoms with Crippen molar-refractivity contribution in [1.29, 1.82) is 0 Å². The molecule has 0 aromatic rings. The van der Waals surface area contributed by atoms with Gasteiger partial charge in [0.25, 0.3) is 0 Å². The van der Waals surface area contributed by atoms with Crippen LogP contribution in [0.25, 0.3) is 0 Å². The Hall–Kier alpha value is -1.57. The van der Waals surface area contributed by atoms with Crippen molar-refractivity contribution in [1.82, 2.24) is 0 Å². The van der Waals surface area contributed by atoms with E-state index in [-0.39, 0.29) is 35.4 Å². The molecule has 2 radical (unpaired) electrons. The maximum absolute atomic E-state index is 10.2. The number of rotatable bonds is 3. The summed E-state index contributed by atoms with van der Waals surface area (Å²) >= 11 is 0. The van der Waals surface area contributed by atoms with Gasteiger partial charge in [0.2, 0.25) is 0 Å². The number of methoxy groups -OCH3 is 1. The number of carboxylic acids is 2. The fourth-order valence-electron chi connectivity index (χ4n) is 0.174. The first kappa shape index (κ1) is 26.1. The Morgan fingerprint density at radius 3 is 1.32 bits per heavy atom. The van der Waals surface area contributed by atoms with Crippen LogP contribution in [0.2, 0.25) is 0 Å². The quantitative estimate of drug-likeness (QED) is 0.426. The molecular weight excluding hydrogens is 359 g/mol. The molecule has 2 N–H and O–H groups in total. The monoisotopic (exact) mass is 380 g/mol. The van der Waals surface area contributed by atoms with Crippen LogP contribution in [0, 0.1) is 0 Å². The summed E-state index contributed by atoms with van der Waals surface area (Å²) in [6.07, 6.45) is 0.833. The Labute approximate surface area is 129 Å². The molecule has 0 heterocycles. The number of carbonyl (C=O) groups is 3. The third-order valence-corrected chi connectivity index (χ3v) is 1.07. The number of carboxylic acid groups (broad SMARTS) is 2. The van der Waals surface area contributed by atoms with Crippen molar-refractivity contribution in [2.75, 3.05) is 7.11 Å². The molecule has 0 bridgehead atoms. The van der Waals surface area contributed by atoms with Crippen LogP contribution in [0.1, 0.15) is 13.8 Å². The first-order valence-corrected chi connectivity index (χ1v) is 4.58. The molecule has 0 spiro atoms. The summed E-state index contributed by atoms with van der Waals surface area (Å²) in [5.41, 5.74) is 0.609. The molecule has 0 aliphatic carbocycles. The zero-order valence-electron chi connectivity index (χ0n) is 11.4. The molecule has 0 unspecified atom stereocenters. The number of ether oxygens (including phenoxy) is 1. The molecule has 0 aromatic heterocycles. The van der Waals surface area contributed by atoms with Crippen molar-refractivity contribution < 1.29 is 29.3 Å². The standard InChI is InChI=1S/C5H8O2.C4H6O2.C3H4O2.Sn.2H/c1-4(2)5(6)7-3;1-3(2)4(5)6;1-2-3(4)5;;;/h1H2,2-3H3;1H2,2H3,(H,5,6);2H,1H2,(H,4,5);;;. The van der Waals surface area contributed by atoms with E-state index < -0.39 is 11.9 Å². The van der Waals surface area contributed by atoms with Gasteiger partial charge < -0.3 is 14.9 Å². The second-order valence-corrected chi connectivity index (χ2v) is 2.90. The van der Waals surface area contributed by atoms with E-state index >= 15 is 0 Å². The molecule has 108 valence electrons. The van der Waals surface area contributed by atoms with E-state index in [1.807, 2.05) is 0 Å². The van der Waals surface area contributed by atoms with Crippen molar-refractivity contribution in [3.05, 3.63) is 37.0 Å². The van der Waals surface area contributed by atoms with Crippen molar-refractivity contribution in [3.63, 3.8) is 0 Å². The summed E-state index contributed by atoms with van der Waals surface area (Å²) in [6, 6.07) is 0. The molecule has 0 saturated heterocycles. The summed E-state index contributed by atoms with van der Waals surface area (Å²) in [6.45, 7) is 12.5. The summed E-state index contributed by atoms with van der Waals surface area (Å²) in [4.78, 5) is 29.0. The van der Waals surface area contributed by atoms with Crippen LogP contribution in [-0.4, -0.2) is 59.1 Å². The molecule has 0 rings (SSSR count). The zero-order chi connectivity index (χ0) is 15.3. The van der Waals surface area contributed by atoms with Gasteiger partial charge in [0.05, 0.1) is 7.11 Å². The van der Waals surface area contributed by atoms with Gasteiger partial charge >= 0.3 is 41.8 Å². The number of hydrogen-bond acceptors (Lipinski definition) is 4. The SMILES string of the molecule is C=C(C)C(=O)O.C=C(C)C(=O)OC.C=CC(=O)O.[SnH2]. The van der Waals surface area contributed by atoms with Gasteiger partial charge in [0.15, 0.2) is 0 Å². The summed E-state index contributed by atoms with van der Waals surface area (Å²) in [7, 11) is 1.33. The van der Waals surface area contributed by atoms with E-state index in [2.05, 4.69) is 24.5 Å². The Bertz CT molecular complexity index is 334. The number of aliphatic carboxylic acids is 2. The minimum atomic E-state index is -0.981. The summed E-state index contributed by atoms with van der Waals surface area (Å²) < 4.78 is 4.27. The van der Waals surface area contributed by atoms with Crippen LogP contribution in [-0.2, 0) is 19.1 Å². The molecule has 0 atom stereocenters. The first-order valence-electron chi connectivity index (χ1n) is 4.58. The second kappa shape index (κ2) is 16.4. The molecule has 0 aliphatic heterocycles. The molecular formula is C12H20O6Sn.